The first kappa shape index (κ1) is 27.2. The Morgan fingerprint density at radius 2 is 1.75 bits per heavy atom. The van der Waals surface area contributed by atoms with E-state index in [-0.39, 0.29) is 6.10 Å². The SMILES string of the molecule is COc1ccc2c3c([nH]c2c1)C1CC2CCC(OC(O)CCc4cc(OC)c(OC)c(OC)c4)CC2CN1CC3. The number of hydrogen-bond donors (Lipinski definition) is 2. The van der Waals surface area contributed by atoms with Crippen LogP contribution in [0.4, 0.5) is 0 Å². The first-order chi connectivity index (χ1) is 19.5. The number of aryl methyl sites for hydroxylation is 1. The Balaban J connectivity index is 1.06. The van der Waals surface area contributed by atoms with Gasteiger partial charge in [0.05, 0.1) is 40.6 Å². The fraction of sp³-hybridized carbons (Fsp3) is 0.562. The highest BCUT2D eigenvalue weighted by Crippen LogP contribution is 2.48. The third-order valence-corrected chi connectivity index (χ3v) is 9.41. The van der Waals surface area contributed by atoms with Gasteiger partial charge in [-0.3, -0.25) is 4.90 Å². The number of methoxy groups -OCH3 is 4. The lowest BCUT2D eigenvalue weighted by atomic mass is 9.70. The molecule has 0 bridgehead atoms. The zero-order valence-corrected chi connectivity index (χ0v) is 24.1. The molecule has 0 radical (unpaired) electrons. The molecule has 3 aliphatic rings. The van der Waals surface area contributed by atoms with Crippen molar-refractivity contribution in [2.24, 2.45) is 11.8 Å². The van der Waals surface area contributed by atoms with Gasteiger partial charge in [-0.15, -0.1) is 0 Å². The molecule has 2 N–H and O–H groups in total. The van der Waals surface area contributed by atoms with E-state index in [1.165, 1.54) is 28.6 Å². The number of fused-ring (bicyclic) bond motifs is 6. The molecule has 1 aliphatic carbocycles. The highest BCUT2D eigenvalue weighted by atomic mass is 16.6. The predicted octanol–water partition coefficient (Wildman–Crippen LogP) is 5.26. The number of aromatic amines is 1. The van der Waals surface area contributed by atoms with Crippen molar-refractivity contribution in [3.63, 3.8) is 0 Å². The molecule has 2 aromatic carbocycles. The van der Waals surface area contributed by atoms with Crippen molar-refractivity contribution in [2.45, 2.75) is 63.4 Å². The average molecular weight is 551 g/mol. The topological polar surface area (TPSA) is 85.4 Å². The minimum atomic E-state index is -0.794. The van der Waals surface area contributed by atoms with Gasteiger partial charge < -0.3 is 33.8 Å². The van der Waals surface area contributed by atoms with E-state index in [0.29, 0.717) is 48.0 Å². The smallest absolute Gasteiger partial charge is 0.203 e. The number of rotatable bonds is 9. The lowest BCUT2D eigenvalue weighted by molar-refractivity contribution is -0.159. The summed E-state index contributed by atoms with van der Waals surface area (Å²) in [6.45, 7) is 2.21. The van der Waals surface area contributed by atoms with Crippen molar-refractivity contribution >= 4 is 10.9 Å². The quantitative estimate of drug-likeness (QED) is 0.352. The largest absolute Gasteiger partial charge is 0.497 e. The van der Waals surface area contributed by atoms with Crippen molar-refractivity contribution in [2.75, 3.05) is 41.5 Å². The molecule has 5 unspecified atom stereocenters. The summed E-state index contributed by atoms with van der Waals surface area (Å²) < 4.78 is 28.0. The minimum Gasteiger partial charge on any atom is -0.497 e. The van der Waals surface area contributed by atoms with E-state index in [1.807, 2.05) is 12.1 Å². The standard InChI is InChI=1S/C32H42N2O6/c1-36-22-8-9-24-25-11-12-34-18-21-15-23(7-6-20(21)16-27(34)31(25)33-26(24)17-22)40-30(35)10-5-19-13-28(37-2)32(39-4)29(14-19)38-3/h8-9,13-14,17,20-21,23,27,30,33,35H,5-7,10-12,15-16,18H2,1-4H3. The number of nitrogens with one attached hydrogen (secondary N) is 1. The van der Waals surface area contributed by atoms with Gasteiger partial charge in [0.15, 0.2) is 17.8 Å². The second-order valence-electron chi connectivity index (χ2n) is 11.5. The molecule has 40 heavy (non-hydrogen) atoms. The molecule has 0 amide bonds. The van der Waals surface area contributed by atoms with E-state index in [1.54, 1.807) is 28.4 Å². The van der Waals surface area contributed by atoms with E-state index in [4.69, 9.17) is 23.7 Å². The van der Waals surface area contributed by atoms with Crippen molar-refractivity contribution < 1.29 is 28.8 Å². The zero-order chi connectivity index (χ0) is 27.8. The van der Waals surface area contributed by atoms with E-state index in [9.17, 15) is 5.11 Å². The van der Waals surface area contributed by atoms with Crippen LogP contribution >= 0.6 is 0 Å². The zero-order valence-electron chi connectivity index (χ0n) is 24.1. The molecule has 0 spiro atoms. The van der Waals surface area contributed by atoms with Crippen LogP contribution in [0.2, 0.25) is 0 Å². The lowest BCUT2D eigenvalue weighted by Gasteiger charge is -2.49. The molecule has 1 saturated heterocycles. The molecular weight excluding hydrogens is 508 g/mol. The molecule has 1 saturated carbocycles. The van der Waals surface area contributed by atoms with Gasteiger partial charge in [0.1, 0.15) is 5.75 Å². The van der Waals surface area contributed by atoms with Crippen LogP contribution in [0.1, 0.15) is 55.0 Å². The average Bonchev–Trinajstić information content (AvgIpc) is 3.36. The van der Waals surface area contributed by atoms with Crippen molar-refractivity contribution in [3.8, 4) is 23.0 Å². The molecule has 2 aliphatic heterocycles. The van der Waals surface area contributed by atoms with E-state index >= 15 is 0 Å². The van der Waals surface area contributed by atoms with E-state index in [2.05, 4.69) is 28.1 Å². The number of piperidine rings is 1. The van der Waals surface area contributed by atoms with Gasteiger partial charge in [0, 0.05) is 42.2 Å². The second-order valence-corrected chi connectivity index (χ2v) is 11.5. The number of aliphatic hydroxyl groups excluding tert-OH is 1. The van der Waals surface area contributed by atoms with Gasteiger partial charge in [-0.2, -0.15) is 0 Å². The van der Waals surface area contributed by atoms with Crippen LogP contribution in [-0.2, 0) is 17.6 Å². The highest BCUT2D eigenvalue weighted by Gasteiger charge is 2.43. The van der Waals surface area contributed by atoms with Gasteiger partial charge in [0.2, 0.25) is 5.75 Å². The van der Waals surface area contributed by atoms with E-state index in [0.717, 1.165) is 50.1 Å². The van der Waals surface area contributed by atoms with Crippen LogP contribution in [0, 0.1) is 11.8 Å². The summed E-state index contributed by atoms with van der Waals surface area (Å²) in [6, 6.07) is 10.7. The summed E-state index contributed by atoms with van der Waals surface area (Å²) in [4.78, 5) is 6.45. The Morgan fingerprint density at radius 1 is 0.950 bits per heavy atom. The van der Waals surface area contributed by atoms with Crippen LogP contribution in [0.25, 0.3) is 10.9 Å². The van der Waals surface area contributed by atoms with Crippen molar-refractivity contribution in [3.05, 3.63) is 47.2 Å². The fourth-order valence-corrected chi connectivity index (χ4v) is 7.40. The molecule has 3 heterocycles. The lowest BCUT2D eigenvalue weighted by Crippen LogP contribution is -2.48. The summed E-state index contributed by atoms with van der Waals surface area (Å²) in [5.41, 5.74) is 5.10. The molecule has 8 heteroatoms. The van der Waals surface area contributed by atoms with Crippen LogP contribution in [-0.4, -0.2) is 68.9 Å². The van der Waals surface area contributed by atoms with Gasteiger partial charge in [-0.1, -0.05) is 0 Å². The molecule has 5 atom stereocenters. The molecule has 2 fully saturated rings. The van der Waals surface area contributed by atoms with Crippen molar-refractivity contribution in [1.82, 2.24) is 9.88 Å². The number of aromatic nitrogens is 1. The molecule has 8 nitrogen and oxygen atoms in total. The Labute approximate surface area is 236 Å². The molecule has 216 valence electrons. The number of hydrogen-bond acceptors (Lipinski definition) is 7. The van der Waals surface area contributed by atoms with Gasteiger partial charge in [-0.05, 0) is 85.8 Å². The Morgan fingerprint density at radius 3 is 2.48 bits per heavy atom. The first-order valence-corrected chi connectivity index (χ1v) is 14.6. The third-order valence-electron chi connectivity index (χ3n) is 9.41. The summed E-state index contributed by atoms with van der Waals surface area (Å²) in [5.74, 6) is 4.03. The summed E-state index contributed by atoms with van der Waals surface area (Å²) in [5, 5.41) is 12.1. The maximum absolute atomic E-state index is 10.8. The van der Waals surface area contributed by atoms with E-state index < -0.39 is 6.29 Å². The Kier molecular flexibility index (Phi) is 7.84. The van der Waals surface area contributed by atoms with Crippen LogP contribution < -0.4 is 18.9 Å². The molecule has 6 rings (SSSR count). The van der Waals surface area contributed by atoms with Crippen molar-refractivity contribution in [1.29, 1.82) is 0 Å². The fourth-order valence-electron chi connectivity index (χ4n) is 7.40. The molecule has 3 aromatic rings. The highest BCUT2D eigenvalue weighted by molar-refractivity contribution is 5.86. The maximum atomic E-state index is 10.8. The third kappa shape index (κ3) is 5.13. The maximum Gasteiger partial charge on any atom is 0.203 e. The first-order valence-electron chi connectivity index (χ1n) is 14.6. The molecule has 1 aromatic heterocycles. The second kappa shape index (κ2) is 11.5. The number of benzene rings is 2. The summed E-state index contributed by atoms with van der Waals surface area (Å²) >= 11 is 0. The molecular formula is C32H42N2O6. The summed E-state index contributed by atoms with van der Waals surface area (Å²) in [6.07, 6.45) is 5.94. The minimum absolute atomic E-state index is 0.105. The number of H-pyrrole nitrogens is 1. The van der Waals surface area contributed by atoms with Gasteiger partial charge in [0.25, 0.3) is 0 Å². The van der Waals surface area contributed by atoms with Crippen LogP contribution in [0.15, 0.2) is 30.3 Å². The Bertz CT molecular complexity index is 1310. The number of ether oxygens (including phenoxy) is 5. The van der Waals surface area contributed by atoms with Crippen LogP contribution in [0.3, 0.4) is 0 Å². The number of aliphatic hydroxyl groups is 1. The Hall–Kier alpha value is -2.94. The number of nitrogens with zero attached hydrogens (tertiary/aromatic N) is 1. The normalized spacial score (nSPS) is 25.0. The van der Waals surface area contributed by atoms with Crippen LogP contribution in [0.5, 0.6) is 23.0 Å². The monoisotopic (exact) mass is 550 g/mol. The predicted molar refractivity (Wildman–Crippen MR) is 154 cm³/mol. The van der Waals surface area contributed by atoms with Gasteiger partial charge >= 0.3 is 0 Å². The summed E-state index contributed by atoms with van der Waals surface area (Å²) in [7, 11) is 6.55. The van der Waals surface area contributed by atoms with Gasteiger partial charge in [-0.25, -0.2) is 0 Å².